The fourth-order valence-corrected chi connectivity index (χ4v) is 4.06. The molecule has 1 unspecified atom stereocenters. The molecule has 1 atom stereocenters. The molecular weight excluding hydrogens is 356 g/mol. The molecule has 2 aromatic carbocycles. The maximum absolute atomic E-state index is 12.6. The van der Waals surface area contributed by atoms with Crippen LogP contribution in [0.3, 0.4) is 0 Å². The molecule has 26 heavy (non-hydrogen) atoms. The van der Waals surface area contributed by atoms with E-state index < -0.39 is 28.0 Å². The summed E-state index contributed by atoms with van der Waals surface area (Å²) in [6.07, 6.45) is 0. The van der Waals surface area contributed by atoms with Crippen LogP contribution in [0.5, 0.6) is 0 Å². The lowest BCUT2D eigenvalue weighted by atomic mass is 10.1. The Bertz CT molecular complexity index is 1160. The van der Waals surface area contributed by atoms with Gasteiger partial charge in [0.25, 0.3) is 0 Å². The highest BCUT2D eigenvalue weighted by atomic mass is 32.2. The average Bonchev–Trinajstić information content (AvgIpc) is 2.95. The standard InChI is InChI=1S/C18H16N2O5S/c1-10(2)17(18(21)22)20-26(23,24)12-4-6-15-14(8-12)13-5-3-11(9-19)7-16(13)25-15/h3-8,10,17,20H,1-2H3,(H,21,22). The molecule has 1 aromatic heterocycles. The first kappa shape index (κ1) is 17.9. The normalized spacial score (nSPS) is 13.2. The SMILES string of the molecule is CC(C)C(NS(=O)(=O)c1ccc2oc3cc(C#N)ccc3c2c1)C(=O)O. The van der Waals surface area contributed by atoms with Gasteiger partial charge in [-0.1, -0.05) is 13.8 Å². The number of aliphatic carboxylic acids is 1. The van der Waals surface area contributed by atoms with Crippen LogP contribution in [0.2, 0.25) is 0 Å². The zero-order valence-electron chi connectivity index (χ0n) is 14.1. The number of carboxylic acids is 1. The van der Waals surface area contributed by atoms with E-state index >= 15 is 0 Å². The summed E-state index contributed by atoms with van der Waals surface area (Å²) in [5.41, 5.74) is 1.40. The molecule has 3 rings (SSSR count). The quantitative estimate of drug-likeness (QED) is 0.710. The summed E-state index contributed by atoms with van der Waals surface area (Å²) in [5.74, 6) is -1.65. The molecule has 0 fully saturated rings. The van der Waals surface area contributed by atoms with Crippen molar-refractivity contribution < 1.29 is 22.7 Å². The third kappa shape index (κ3) is 3.14. The summed E-state index contributed by atoms with van der Waals surface area (Å²) in [5, 5.41) is 19.4. The van der Waals surface area contributed by atoms with Crippen molar-refractivity contribution in [2.24, 2.45) is 5.92 Å². The van der Waals surface area contributed by atoms with Gasteiger partial charge in [-0.05, 0) is 42.3 Å². The van der Waals surface area contributed by atoms with Crippen LogP contribution in [0.15, 0.2) is 45.7 Å². The molecule has 1 heterocycles. The van der Waals surface area contributed by atoms with Gasteiger partial charge in [-0.3, -0.25) is 4.79 Å². The number of nitriles is 1. The zero-order valence-corrected chi connectivity index (χ0v) is 14.9. The minimum Gasteiger partial charge on any atom is -0.480 e. The van der Waals surface area contributed by atoms with Crippen molar-refractivity contribution in [2.45, 2.75) is 24.8 Å². The number of hydrogen-bond donors (Lipinski definition) is 2. The lowest BCUT2D eigenvalue weighted by Crippen LogP contribution is -2.44. The molecule has 7 nitrogen and oxygen atoms in total. The van der Waals surface area contributed by atoms with E-state index in [9.17, 15) is 18.3 Å². The third-order valence-electron chi connectivity index (χ3n) is 4.10. The number of nitrogens with one attached hydrogen (secondary N) is 1. The Kier molecular flexibility index (Phi) is 4.44. The monoisotopic (exact) mass is 372 g/mol. The first-order valence-electron chi connectivity index (χ1n) is 7.84. The van der Waals surface area contributed by atoms with Crippen molar-refractivity contribution in [1.29, 1.82) is 5.26 Å². The van der Waals surface area contributed by atoms with E-state index in [1.54, 1.807) is 32.0 Å². The van der Waals surface area contributed by atoms with Crippen LogP contribution >= 0.6 is 0 Å². The van der Waals surface area contributed by atoms with Crippen LogP contribution in [-0.2, 0) is 14.8 Å². The van der Waals surface area contributed by atoms with Crippen LogP contribution < -0.4 is 4.72 Å². The topological polar surface area (TPSA) is 120 Å². The number of carboxylic acid groups (broad SMARTS) is 1. The molecule has 0 saturated heterocycles. The van der Waals surface area contributed by atoms with Crippen LogP contribution in [0.1, 0.15) is 19.4 Å². The Morgan fingerprint density at radius 2 is 1.88 bits per heavy atom. The second kappa shape index (κ2) is 6.44. The van der Waals surface area contributed by atoms with E-state index in [0.717, 1.165) is 0 Å². The van der Waals surface area contributed by atoms with Crippen LogP contribution in [0, 0.1) is 17.2 Å². The molecule has 0 amide bonds. The van der Waals surface area contributed by atoms with Crippen molar-refractivity contribution in [1.82, 2.24) is 4.72 Å². The molecule has 0 aliphatic carbocycles. The Morgan fingerprint density at radius 1 is 1.15 bits per heavy atom. The average molecular weight is 372 g/mol. The highest BCUT2D eigenvalue weighted by molar-refractivity contribution is 7.89. The highest BCUT2D eigenvalue weighted by Gasteiger charge is 2.28. The summed E-state index contributed by atoms with van der Waals surface area (Å²) in [6.45, 7) is 3.25. The van der Waals surface area contributed by atoms with Crippen molar-refractivity contribution in [2.75, 3.05) is 0 Å². The number of benzene rings is 2. The predicted molar refractivity (Wildman–Crippen MR) is 95.0 cm³/mol. The van der Waals surface area contributed by atoms with E-state index in [-0.39, 0.29) is 4.90 Å². The van der Waals surface area contributed by atoms with Crippen LogP contribution in [0.25, 0.3) is 21.9 Å². The van der Waals surface area contributed by atoms with Gasteiger partial charge < -0.3 is 9.52 Å². The molecule has 0 radical (unpaired) electrons. The number of carbonyl (C=O) groups is 1. The van der Waals surface area contributed by atoms with Crippen molar-refractivity contribution >= 4 is 37.9 Å². The minimum absolute atomic E-state index is 0.0519. The van der Waals surface area contributed by atoms with Gasteiger partial charge in [0.15, 0.2) is 0 Å². The number of fused-ring (bicyclic) bond motifs is 3. The van der Waals surface area contributed by atoms with Gasteiger partial charge in [0.2, 0.25) is 10.0 Å². The predicted octanol–water partition coefficient (Wildman–Crippen LogP) is 2.85. The molecule has 8 heteroatoms. The molecule has 0 aliphatic rings. The summed E-state index contributed by atoms with van der Waals surface area (Å²) in [6, 6.07) is 10.0. The fourth-order valence-electron chi connectivity index (χ4n) is 2.70. The Hall–Kier alpha value is -2.89. The van der Waals surface area contributed by atoms with Crippen LogP contribution in [-0.4, -0.2) is 25.5 Å². The minimum atomic E-state index is -4.03. The molecule has 2 N–H and O–H groups in total. The van der Waals surface area contributed by atoms with Gasteiger partial charge in [-0.25, -0.2) is 8.42 Å². The summed E-state index contributed by atoms with van der Waals surface area (Å²) < 4.78 is 33.1. The fraction of sp³-hybridized carbons (Fsp3) is 0.222. The second-order valence-electron chi connectivity index (χ2n) is 6.26. The Balaban J connectivity index is 2.09. The van der Waals surface area contributed by atoms with E-state index in [1.165, 1.54) is 18.2 Å². The molecule has 134 valence electrons. The lowest BCUT2D eigenvalue weighted by molar-refractivity contribution is -0.140. The number of nitrogens with zero attached hydrogens (tertiary/aromatic N) is 1. The third-order valence-corrected chi connectivity index (χ3v) is 5.54. The molecule has 3 aromatic rings. The van der Waals surface area contributed by atoms with E-state index in [2.05, 4.69) is 4.72 Å². The number of hydrogen-bond acceptors (Lipinski definition) is 5. The highest BCUT2D eigenvalue weighted by Crippen LogP contribution is 2.31. The number of furan rings is 1. The lowest BCUT2D eigenvalue weighted by Gasteiger charge is -2.17. The Labute approximate surface area is 149 Å². The summed E-state index contributed by atoms with van der Waals surface area (Å²) in [4.78, 5) is 11.2. The Morgan fingerprint density at radius 3 is 2.50 bits per heavy atom. The number of sulfonamides is 1. The van der Waals surface area contributed by atoms with Crippen molar-refractivity contribution in [3.63, 3.8) is 0 Å². The molecule has 0 saturated carbocycles. The smallest absolute Gasteiger partial charge is 0.322 e. The first-order valence-corrected chi connectivity index (χ1v) is 9.33. The second-order valence-corrected chi connectivity index (χ2v) is 7.98. The zero-order chi connectivity index (χ0) is 19.1. The first-order chi connectivity index (χ1) is 12.2. The molecule has 0 spiro atoms. The summed E-state index contributed by atoms with van der Waals surface area (Å²) >= 11 is 0. The van der Waals surface area contributed by atoms with E-state index in [4.69, 9.17) is 9.68 Å². The molecular formula is C18H16N2O5S. The largest absolute Gasteiger partial charge is 0.480 e. The van der Waals surface area contributed by atoms with Crippen molar-refractivity contribution in [3.8, 4) is 6.07 Å². The molecule has 0 bridgehead atoms. The summed E-state index contributed by atoms with van der Waals surface area (Å²) in [7, 11) is -4.03. The van der Waals surface area contributed by atoms with E-state index in [0.29, 0.717) is 27.5 Å². The maximum Gasteiger partial charge on any atom is 0.322 e. The van der Waals surface area contributed by atoms with Crippen molar-refractivity contribution in [3.05, 3.63) is 42.0 Å². The van der Waals surface area contributed by atoms with Gasteiger partial charge >= 0.3 is 5.97 Å². The molecule has 0 aliphatic heterocycles. The van der Waals surface area contributed by atoms with Crippen LogP contribution in [0.4, 0.5) is 0 Å². The van der Waals surface area contributed by atoms with Gasteiger partial charge in [0, 0.05) is 10.8 Å². The van der Waals surface area contributed by atoms with Gasteiger partial charge in [0.05, 0.1) is 16.5 Å². The maximum atomic E-state index is 12.6. The van der Waals surface area contributed by atoms with E-state index in [1.807, 2.05) is 6.07 Å². The van der Waals surface area contributed by atoms with Gasteiger partial charge in [-0.15, -0.1) is 0 Å². The van der Waals surface area contributed by atoms with Gasteiger partial charge in [-0.2, -0.15) is 9.98 Å². The van der Waals surface area contributed by atoms with Gasteiger partial charge in [0.1, 0.15) is 17.2 Å². The number of rotatable bonds is 5.